The monoisotopic (exact) mass is 138 g/mol. The second kappa shape index (κ2) is 2.26. The molecule has 1 aliphatic heterocycles. The lowest BCUT2D eigenvalue weighted by Gasteiger charge is -2.01. The van der Waals surface area contributed by atoms with E-state index in [0.29, 0.717) is 0 Å². The van der Waals surface area contributed by atoms with Crippen LogP contribution in [0.4, 0.5) is 0 Å². The molecule has 2 unspecified atom stereocenters. The van der Waals surface area contributed by atoms with Gasteiger partial charge in [-0.3, -0.25) is 0 Å². The van der Waals surface area contributed by atoms with Crippen molar-refractivity contribution in [2.45, 2.75) is 10.9 Å². The highest BCUT2D eigenvalue weighted by Crippen LogP contribution is 2.32. The molecule has 0 bridgehead atoms. The predicted octanol–water partition coefficient (Wildman–Crippen LogP) is 0.0607. The van der Waals surface area contributed by atoms with Gasteiger partial charge in [-0.1, -0.05) is 0 Å². The number of aliphatic hydroxyl groups excluding tert-OH is 2. The standard InChI is InChI=1S/C3H6O2S2/c4-2-3(5)7-1-6-2/h2-5H,1H2. The van der Waals surface area contributed by atoms with Crippen LogP contribution in [0.25, 0.3) is 0 Å². The molecule has 0 aromatic heterocycles. The van der Waals surface area contributed by atoms with E-state index in [9.17, 15) is 0 Å². The zero-order valence-corrected chi connectivity index (χ0v) is 5.21. The minimum absolute atomic E-state index is 0.551. The van der Waals surface area contributed by atoms with E-state index in [1.807, 2.05) is 0 Å². The Morgan fingerprint density at radius 3 is 1.71 bits per heavy atom. The topological polar surface area (TPSA) is 40.5 Å². The maximum absolute atomic E-state index is 8.69. The number of thioether (sulfide) groups is 2. The smallest absolute Gasteiger partial charge is 0.135 e. The van der Waals surface area contributed by atoms with Crippen LogP contribution in [0.5, 0.6) is 0 Å². The van der Waals surface area contributed by atoms with Crippen molar-refractivity contribution in [2.75, 3.05) is 5.08 Å². The van der Waals surface area contributed by atoms with E-state index in [4.69, 9.17) is 10.2 Å². The van der Waals surface area contributed by atoms with Gasteiger partial charge in [0.2, 0.25) is 0 Å². The Kier molecular flexibility index (Phi) is 1.86. The van der Waals surface area contributed by atoms with Gasteiger partial charge in [0, 0.05) is 5.08 Å². The van der Waals surface area contributed by atoms with Crippen LogP contribution in [0.1, 0.15) is 0 Å². The summed E-state index contributed by atoms with van der Waals surface area (Å²) in [6.45, 7) is 0. The highest BCUT2D eigenvalue weighted by Gasteiger charge is 2.23. The molecule has 0 spiro atoms. The highest BCUT2D eigenvalue weighted by atomic mass is 32.2. The molecule has 0 radical (unpaired) electrons. The first kappa shape index (κ1) is 5.75. The Morgan fingerprint density at radius 2 is 1.57 bits per heavy atom. The third-order valence-electron chi connectivity index (χ3n) is 0.722. The molecule has 0 aromatic carbocycles. The first-order chi connectivity index (χ1) is 3.30. The molecule has 2 atom stereocenters. The minimum Gasteiger partial charge on any atom is -0.379 e. The molecule has 1 heterocycles. The largest absolute Gasteiger partial charge is 0.379 e. The predicted molar refractivity (Wildman–Crippen MR) is 32.1 cm³/mol. The molecule has 2 nitrogen and oxygen atoms in total. The van der Waals surface area contributed by atoms with E-state index in [1.165, 1.54) is 23.5 Å². The van der Waals surface area contributed by atoms with Crippen molar-refractivity contribution < 1.29 is 10.2 Å². The summed E-state index contributed by atoms with van der Waals surface area (Å²) in [4.78, 5) is 0. The normalized spacial score (nSPS) is 42.0. The Labute approximate surface area is 50.3 Å². The van der Waals surface area contributed by atoms with Crippen LogP contribution < -0.4 is 0 Å². The van der Waals surface area contributed by atoms with Crippen LogP contribution in [0.2, 0.25) is 0 Å². The Morgan fingerprint density at radius 1 is 1.14 bits per heavy atom. The van der Waals surface area contributed by atoms with Crippen molar-refractivity contribution in [1.29, 1.82) is 0 Å². The molecule has 0 saturated carbocycles. The summed E-state index contributed by atoms with van der Waals surface area (Å²) in [5.74, 6) is 0. The first-order valence-corrected chi connectivity index (χ1v) is 4.00. The SMILES string of the molecule is OC1SCSC1O. The summed E-state index contributed by atoms with van der Waals surface area (Å²) in [6.07, 6.45) is 0. The third kappa shape index (κ3) is 1.25. The molecule has 1 rings (SSSR count). The van der Waals surface area contributed by atoms with Gasteiger partial charge >= 0.3 is 0 Å². The molecular weight excluding hydrogens is 132 g/mol. The Hall–Kier alpha value is 0.620. The fourth-order valence-electron chi connectivity index (χ4n) is 0.343. The van der Waals surface area contributed by atoms with Gasteiger partial charge in [0.15, 0.2) is 0 Å². The lowest BCUT2D eigenvalue weighted by Crippen LogP contribution is -2.11. The maximum atomic E-state index is 8.69. The van der Waals surface area contributed by atoms with Crippen molar-refractivity contribution in [3.63, 3.8) is 0 Å². The Balaban J connectivity index is 2.33. The Bertz CT molecular complexity index is 60.0. The molecule has 1 fully saturated rings. The van der Waals surface area contributed by atoms with E-state index in [0.717, 1.165) is 5.08 Å². The van der Waals surface area contributed by atoms with Crippen LogP contribution in [0, 0.1) is 0 Å². The summed E-state index contributed by atoms with van der Waals surface area (Å²) in [7, 11) is 0. The molecule has 0 amide bonds. The molecule has 0 aliphatic carbocycles. The quantitative estimate of drug-likeness (QED) is 0.496. The first-order valence-electron chi connectivity index (χ1n) is 1.90. The van der Waals surface area contributed by atoms with Gasteiger partial charge in [0.25, 0.3) is 0 Å². The van der Waals surface area contributed by atoms with Gasteiger partial charge in [0.1, 0.15) is 10.9 Å². The lowest BCUT2D eigenvalue weighted by atomic mass is 10.8. The summed E-state index contributed by atoms with van der Waals surface area (Å²) in [6, 6.07) is 0. The lowest BCUT2D eigenvalue weighted by molar-refractivity contribution is 0.139. The van der Waals surface area contributed by atoms with Crippen molar-refractivity contribution in [1.82, 2.24) is 0 Å². The molecule has 7 heavy (non-hydrogen) atoms. The van der Waals surface area contributed by atoms with Crippen molar-refractivity contribution in [3.05, 3.63) is 0 Å². The molecule has 4 heteroatoms. The van der Waals surface area contributed by atoms with E-state index in [-0.39, 0.29) is 0 Å². The summed E-state index contributed by atoms with van der Waals surface area (Å²) in [5.41, 5.74) is -1.10. The molecule has 2 N–H and O–H groups in total. The van der Waals surface area contributed by atoms with Gasteiger partial charge in [-0.2, -0.15) is 0 Å². The molecule has 0 aromatic rings. The van der Waals surface area contributed by atoms with Gasteiger partial charge in [0.05, 0.1) is 0 Å². The number of aliphatic hydroxyl groups is 2. The van der Waals surface area contributed by atoms with E-state index < -0.39 is 10.9 Å². The van der Waals surface area contributed by atoms with Crippen LogP contribution in [-0.4, -0.2) is 26.2 Å². The summed E-state index contributed by atoms with van der Waals surface area (Å²) < 4.78 is 0. The van der Waals surface area contributed by atoms with E-state index >= 15 is 0 Å². The van der Waals surface area contributed by atoms with Crippen molar-refractivity contribution in [3.8, 4) is 0 Å². The average Bonchev–Trinajstić information content (AvgIpc) is 1.91. The van der Waals surface area contributed by atoms with Gasteiger partial charge in [-0.05, 0) is 0 Å². The number of hydrogen-bond donors (Lipinski definition) is 2. The van der Waals surface area contributed by atoms with Crippen LogP contribution in [-0.2, 0) is 0 Å². The van der Waals surface area contributed by atoms with E-state index in [2.05, 4.69) is 0 Å². The molecule has 1 saturated heterocycles. The third-order valence-corrected chi connectivity index (χ3v) is 3.18. The van der Waals surface area contributed by atoms with Crippen LogP contribution in [0.15, 0.2) is 0 Å². The fraction of sp³-hybridized carbons (Fsp3) is 1.00. The highest BCUT2D eigenvalue weighted by molar-refractivity contribution is 8.19. The zero-order chi connectivity index (χ0) is 5.28. The van der Waals surface area contributed by atoms with Gasteiger partial charge < -0.3 is 10.2 Å². The van der Waals surface area contributed by atoms with Crippen LogP contribution >= 0.6 is 23.5 Å². The maximum Gasteiger partial charge on any atom is 0.135 e. The minimum atomic E-state index is -0.551. The number of rotatable bonds is 0. The van der Waals surface area contributed by atoms with Gasteiger partial charge in [-0.15, -0.1) is 23.5 Å². The summed E-state index contributed by atoms with van der Waals surface area (Å²) >= 11 is 2.75. The molecule has 1 aliphatic rings. The van der Waals surface area contributed by atoms with E-state index in [1.54, 1.807) is 0 Å². The second-order valence-corrected chi connectivity index (χ2v) is 3.81. The number of hydrogen-bond acceptors (Lipinski definition) is 4. The van der Waals surface area contributed by atoms with Gasteiger partial charge in [-0.25, -0.2) is 0 Å². The fourth-order valence-corrected chi connectivity index (χ4v) is 2.57. The molecular formula is C3H6O2S2. The van der Waals surface area contributed by atoms with Crippen LogP contribution in [0.3, 0.4) is 0 Å². The van der Waals surface area contributed by atoms with Crippen molar-refractivity contribution in [2.24, 2.45) is 0 Å². The average molecular weight is 138 g/mol. The summed E-state index contributed by atoms with van der Waals surface area (Å²) in [5, 5.41) is 18.2. The van der Waals surface area contributed by atoms with Crippen molar-refractivity contribution >= 4 is 23.5 Å². The second-order valence-electron chi connectivity index (χ2n) is 1.23. The molecule has 42 valence electrons. The zero-order valence-electron chi connectivity index (χ0n) is 3.57.